The number of benzene rings is 1. The van der Waals surface area contributed by atoms with Gasteiger partial charge in [0, 0.05) is 0 Å². The highest BCUT2D eigenvalue weighted by atomic mass is 16.6. The number of esters is 1. The van der Waals surface area contributed by atoms with Crippen LogP contribution >= 0.6 is 0 Å². The average Bonchev–Trinajstić information content (AvgIpc) is 2.48. The Morgan fingerprint density at radius 3 is 2.45 bits per heavy atom. The summed E-state index contributed by atoms with van der Waals surface area (Å²) in [5.41, 5.74) is 1.62. The van der Waals surface area contributed by atoms with Crippen molar-refractivity contribution < 1.29 is 19.1 Å². The molecule has 0 fully saturated rings. The number of nitrogens with one attached hydrogen (secondary N) is 1. The lowest BCUT2D eigenvalue weighted by Gasteiger charge is -2.16. The molecular weight excluding hydrogens is 282 g/mol. The van der Waals surface area contributed by atoms with Gasteiger partial charge in [-0.1, -0.05) is 31.2 Å². The maximum Gasteiger partial charge on any atom is 0.407 e. The van der Waals surface area contributed by atoms with Crippen LogP contribution in [0.2, 0.25) is 0 Å². The first-order valence-corrected chi connectivity index (χ1v) is 7.48. The van der Waals surface area contributed by atoms with Crippen LogP contribution in [0.4, 0.5) is 4.79 Å². The minimum Gasteiger partial charge on any atom is -0.463 e. The molecule has 0 aliphatic rings. The first-order valence-electron chi connectivity index (χ1n) is 7.48. The Kier molecular flexibility index (Phi) is 6.89. The standard InChI is InChI=1S/C17H25NO4/c1-5-13-7-6-8-14(11-13)12-22-16(20)18-9-10-21-15(19)17(2,3)4/h6-8,11H,5,9-10,12H2,1-4H3,(H,18,20). The van der Waals surface area contributed by atoms with Crippen LogP contribution in [0, 0.1) is 5.41 Å². The molecular formula is C17H25NO4. The Hall–Kier alpha value is -2.04. The molecule has 0 spiro atoms. The molecule has 0 aliphatic heterocycles. The molecule has 0 aromatic heterocycles. The zero-order valence-electron chi connectivity index (χ0n) is 13.8. The fourth-order valence-corrected chi connectivity index (χ4v) is 1.65. The highest BCUT2D eigenvalue weighted by Gasteiger charge is 2.22. The monoisotopic (exact) mass is 307 g/mol. The Morgan fingerprint density at radius 2 is 1.82 bits per heavy atom. The number of alkyl carbamates (subject to hydrolysis) is 1. The van der Waals surface area contributed by atoms with Crippen LogP contribution in [0.1, 0.15) is 38.8 Å². The van der Waals surface area contributed by atoms with E-state index in [0.29, 0.717) is 0 Å². The summed E-state index contributed by atoms with van der Waals surface area (Å²) in [6.45, 7) is 8.00. The molecule has 0 saturated heterocycles. The van der Waals surface area contributed by atoms with Gasteiger partial charge in [-0.05, 0) is 38.3 Å². The number of hydrogen-bond donors (Lipinski definition) is 1. The number of carbonyl (C=O) groups excluding carboxylic acids is 2. The van der Waals surface area contributed by atoms with E-state index in [1.807, 2.05) is 24.3 Å². The van der Waals surface area contributed by atoms with Crippen molar-refractivity contribution in [3.63, 3.8) is 0 Å². The van der Waals surface area contributed by atoms with Crippen LogP contribution < -0.4 is 5.32 Å². The van der Waals surface area contributed by atoms with Crippen molar-refractivity contribution in [1.82, 2.24) is 5.32 Å². The summed E-state index contributed by atoms with van der Waals surface area (Å²) in [6, 6.07) is 7.91. The summed E-state index contributed by atoms with van der Waals surface area (Å²) in [5.74, 6) is -0.293. The van der Waals surface area contributed by atoms with Crippen molar-refractivity contribution in [3.05, 3.63) is 35.4 Å². The molecule has 1 amide bonds. The average molecular weight is 307 g/mol. The van der Waals surface area contributed by atoms with Crippen LogP contribution in [0.25, 0.3) is 0 Å². The van der Waals surface area contributed by atoms with Crippen LogP contribution in [-0.2, 0) is 27.3 Å². The van der Waals surface area contributed by atoms with Gasteiger partial charge < -0.3 is 14.8 Å². The minimum absolute atomic E-state index is 0.135. The van der Waals surface area contributed by atoms with Crippen molar-refractivity contribution in [3.8, 4) is 0 Å². The van der Waals surface area contributed by atoms with E-state index in [1.54, 1.807) is 20.8 Å². The summed E-state index contributed by atoms with van der Waals surface area (Å²) in [4.78, 5) is 23.1. The molecule has 5 nitrogen and oxygen atoms in total. The van der Waals surface area contributed by atoms with Gasteiger partial charge in [0.25, 0.3) is 0 Å². The minimum atomic E-state index is -0.537. The van der Waals surface area contributed by atoms with E-state index in [1.165, 1.54) is 5.56 Å². The molecule has 0 aliphatic carbocycles. The van der Waals surface area contributed by atoms with Gasteiger partial charge in [-0.25, -0.2) is 4.79 Å². The van der Waals surface area contributed by atoms with Gasteiger partial charge in [-0.3, -0.25) is 4.79 Å². The van der Waals surface area contributed by atoms with Crippen LogP contribution in [0.15, 0.2) is 24.3 Å². The third-order valence-corrected chi connectivity index (χ3v) is 2.99. The van der Waals surface area contributed by atoms with Crippen LogP contribution in [0.5, 0.6) is 0 Å². The van der Waals surface area contributed by atoms with Gasteiger partial charge in [0.05, 0.1) is 12.0 Å². The molecule has 22 heavy (non-hydrogen) atoms. The van der Waals surface area contributed by atoms with Crippen molar-refractivity contribution in [2.75, 3.05) is 13.2 Å². The summed E-state index contributed by atoms with van der Waals surface area (Å²) in [5, 5.41) is 2.55. The van der Waals surface area contributed by atoms with E-state index < -0.39 is 11.5 Å². The van der Waals surface area contributed by atoms with Crippen molar-refractivity contribution in [2.24, 2.45) is 5.41 Å². The third kappa shape index (κ3) is 6.61. The molecule has 1 aromatic rings. The Bertz CT molecular complexity index is 506. The molecule has 0 bridgehead atoms. The number of aryl methyl sites for hydroxylation is 1. The quantitative estimate of drug-likeness (QED) is 0.648. The molecule has 1 rings (SSSR count). The number of ether oxygens (including phenoxy) is 2. The maximum atomic E-state index is 11.5. The molecule has 1 N–H and O–H groups in total. The largest absolute Gasteiger partial charge is 0.463 e. The summed E-state index contributed by atoms with van der Waals surface area (Å²) in [7, 11) is 0. The van der Waals surface area contributed by atoms with Gasteiger partial charge >= 0.3 is 12.1 Å². The highest BCUT2D eigenvalue weighted by molar-refractivity contribution is 5.75. The summed E-state index contributed by atoms with van der Waals surface area (Å²) < 4.78 is 10.2. The number of amides is 1. The van der Waals surface area contributed by atoms with E-state index >= 15 is 0 Å². The van der Waals surface area contributed by atoms with Gasteiger partial charge in [-0.2, -0.15) is 0 Å². The van der Waals surface area contributed by atoms with Gasteiger partial charge in [0.2, 0.25) is 0 Å². The predicted molar refractivity (Wildman–Crippen MR) is 84.4 cm³/mol. The molecule has 0 atom stereocenters. The Balaban J connectivity index is 2.22. The van der Waals surface area contributed by atoms with Crippen molar-refractivity contribution in [1.29, 1.82) is 0 Å². The van der Waals surface area contributed by atoms with Gasteiger partial charge in [0.15, 0.2) is 0 Å². The molecule has 122 valence electrons. The Morgan fingerprint density at radius 1 is 1.14 bits per heavy atom. The van der Waals surface area contributed by atoms with E-state index in [-0.39, 0.29) is 25.7 Å². The molecule has 0 heterocycles. The van der Waals surface area contributed by atoms with Crippen molar-refractivity contribution >= 4 is 12.1 Å². The van der Waals surface area contributed by atoms with Crippen LogP contribution in [0.3, 0.4) is 0 Å². The topological polar surface area (TPSA) is 64.6 Å². The van der Waals surface area contributed by atoms with E-state index in [9.17, 15) is 9.59 Å². The lowest BCUT2D eigenvalue weighted by molar-refractivity contribution is -0.152. The molecule has 5 heteroatoms. The first-order chi connectivity index (χ1) is 10.3. The summed E-state index contributed by atoms with van der Waals surface area (Å²) >= 11 is 0. The van der Waals surface area contributed by atoms with Gasteiger partial charge in [-0.15, -0.1) is 0 Å². The molecule has 0 unspecified atom stereocenters. The predicted octanol–water partition coefficient (Wildman–Crippen LogP) is 3.06. The molecule has 0 radical (unpaired) electrons. The fourth-order valence-electron chi connectivity index (χ4n) is 1.65. The normalized spacial score (nSPS) is 10.9. The Labute approximate surface area is 132 Å². The SMILES string of the molecule is CCc1cccc(COC(=O)NCCOC(=O)C(C)(C)C)c1. The number of hydrogen-bond acceptors (Lipinski definition) is 4. The highest BCUT2D eigenvalue weighted by Crippen LogP contribution is 2.14. The van der Waals surface area contributed by atoms with Crippen LogP contribution in [-0.4, -0.2) is 25.2 Å². The maximum absolute atomic E-state index is 11.5. The van der Waals surface area contributed by atoms with E-state index in [2.05, 4.69) is 12.2 Å². The molecule has 0 saturated carbocycles. The third-order valence-electron chi connectivity index (χ3n) is 2.99. The second-order valence-electron chi connectivity index (χ2n) is 6.06. The zero-order chi connectivity index (χ0) is 16.6. The lowest BCUT2D eigenvalue weighted by Crippen LogP contribution is -2.31. The lowest BCUT2D eigenvalue weighted by atomic mass is 9.97. The van der Waals surface area contributed by atoms with E-state index in [0.717, 1.165) is 12.0 Å². The second kappa shape index (κ2) is 8.41. The summed E-state index contributed by atoms with van der Waals surface area (Å²) in [6.07, 6.45) is 0.424. The van der Waals surface area contributed by atoms with E-state index in [4.69, 9.17) is 9.47 Å². The number of rotatable bonds is 6. The smallest absolute Gasteiger partial charge is 0.407 e. The molecule has 1 aromatic carbocycles. The fraction of sp³-hybridized carbons (Fsp3) is 0.529. The number of carbonyl (C=O) groups is 2. The van der Waals surface area contributed by atoms with Gasteiger partial charge in [0.1, 0.15) is 13.2 Å². The van der Waals surface area contributed by atoms with Crippen molar-refractivity contribution in [2.45, 2.75) is 40.7 Å². The second-order valence-corrected chi connectivity index (χ2v) is 6.06. The first kappa shape index (κ1) is 18.0. The zero-order valence-corrected chi connectivity index (χ0v) is 13.8.